The molecule has 1 heterocycles. The topological polar surface area (TPSA) is 37.8 Å². The van der Waals surface area contributed by atoms with Gasteiger partial charge in [-0.3, -0.25) is 4.98 Å². The zero-order valence-electron chi connectivity index (χ0n) is 11.6. The Balaban J connectivity index is 1.86. The molecule has 1 N–H and O–H groups in total. The van der Waals surface area contributed by atoms with Crippen LogP contribution in [0, 0.1) is 11.6 Å². The van der Waals surface area contributed by atoms with E-state index in [0.717, 1.165) is 5.56 Å². The van der Waals surface area contributed by atoms with Gasteiger partial charge in [0.15, 0.2) is 5.82 Å². The van der Waals surface area contributed by atoms with Crippen LogP contribution in [-0.4, -0.2) is 9.97 Å². The third-order valence-corrected chi connectivity index (χ3v) is 3.12. The Morgan fingerprint density at radius 3 is 2.36 bits per heavy atom. The van der Waals surface area contributed by atoms with E-state index in [0.29, 0.717) is 23.6 Å². The van der Waals surface area contributed by atoms with Crippen LogP contribution in [0.25, 0.3) is 0 Å². The van der Waals surface area contributed by atoms with Gasteiger partial charge in [0.05, 0.1) is 5.69 Å². The molecule has 0 atom stereocenters. The number of benzene rings is 2. The Kier molecular flexibility index (Phi) is 4.05. The van der Waals surface area contributed by atoms with Crippen LogP contribution >= 0.6 is 0 Å². The normalized spacial score (nSPS) is 10.5. The number of nitrogens with zero attached hydrogens (tertiary/aromatic N) is 2. The summed E-state index contributed by atoms with van der Waals surface area (Å²) in [7, 11) is 0. The Labute approximate surface area is 126 Å². The van der Waals surface area contributed by atoms with Gasteiger partial charge in [-0.1, -0.05) is 18.2 Å². The first-order valence-electron chi connectivity index (χ1n) is 6.77. The highest BCUT2D eigenvalue weighted by molar-refractivity contribution is 5.58. The minimum Gasteiger partial charge on any atom is -0.339 e. The van der Waals surface area contributed by atoms with Crippen molar-refractivity contribution in [1.29, 1.82) is 0 Å². The molecule has 0 fully saturated rings. The number of hydrogen-bond donors (Lipinski definition) is 1. The fourth-order valence-corrected chi connectivity index (χ4v) is 2.14. The molecule has 0 spiro atoms. The third-order valence-electron chi connectivity index (χ3n) is 3.12. The van der Waals surface area contributed by atoms with E-state index in [1.807, 2.05) is 6.07 Å². The summed E-state index contributed by atoms with van der Waals surface area (Å²) in [5, 5.41) is 3.04. The summed E-state index contributed by atoms with van der Waals surface area (Å²) in [6, 6.07) is 12.4. The second-order valence-corrected chi connectivity index (χ2v) is 4.79. The maximum atomic E-state index is 13.3. The summed E-state index contributed by atoms with van der Waals surface area (Å²) in [6.45, 7) is 0. The van der Waals surface area contributed by atoms with Gasteiger partial charge >= 0.3 is 0 Å². The third kappa shape index (κ3) is 3.44. The molecular formula is C17H13F2N3. The van der Waals surface area contributed by atoms with E-state index in [9.17, 15) is 8.78 Å². The molecule has 0 aliphatic carbocycles. The van der Waals surface area contributed by atoms with Crippen molar-refractivity contribution in [3.8, 4) is 0 Å². The quantitative estimate of drug-likeness (QED) is 0.788. The lowest BCUT2D eigenvalue weighted by atomic mass is 10.1. The fourth-order valence-electron chi connectivity index (χ4n) is 2.14. The molecule has 3 nitrogen and oxygen atoms in total. The SMILES string of the molecule is Fc1cccc(Cc2nccnc2Nc2cccc(F)c2)c1. The fraction of sp³-hybridized carbons (Fsp3) is 0.0588. The van der Waals surface area contributed by atoms with Crippen molar-refractivity contribution in [1.82, 2.24) is 9.97 Å². The molecule has 0 unspecified atom stereocenters. The van der Waals surface area contributed by atoms with Crippen molar-refractivity contribution in [2.24, 2.45) is 0 Å². The van der Waals surface area contributed by atoms with Gasteiger partial charge in [-0.15, -0.1) is 0 Å². The lowest BCUT2D eigenvalue weighted by Crippen LogP contribution is -2.02. The zero-order chi connectivity index (χ0) is 15.4. The summed E-state index contributed by atoms with van der Waals surface area (Å²) in [5.74, 6) is -0.0982. The van der Waals surface area contributed by atoms with E-state index in [1.165, 1.54) is 24.3 Å². The molecule has 22 heavy (non-hydrogen) atoms. The van der Waals surface area contributed by atoms with E-state index in [1.54, 1.807) is 30.6 Å². The van der Waals surface area contributed by atoms with Crippen molar-refractivity contribution in [3.63, 3.8) is 0 Å². The molecule has 0 aliphatic heterocycles. The monoisotopic (exact) mass is 297 g/mol. The molecule has 0 saturated heterocycles. The number of anilines is 2. The highest BCUT2D eigenvalue weighted by atomic mass is 19.1. The second kappa shape index (κ2) is 6.30. The maximum Gasteiger partial charge on any atom is 0.152 e. The van der Waals surface area contributed by atoms with Gasteiger partial charge in [-0.05, 0) is 35.9 Å². The van der Waals surface area contributed by atoms with Crippen molar-refractivity contribution >= 4 is 11.5 Å². The zero-order valence-corrected chi connectivity index (χ0v) is 11.6. The standard InChI is InChI=1S/C17H13F2N3/c18-13-4-1-3-12(9-13)10-16-17(21-8-7-20-16)22-15-6-2-5-14(19)11-15/h1-9,11H,10H2,(H,21,22). The summed E-state index contributed by atoms with van der Waals surface area (Å²) in [6.07, 6.45) is 3.56. The summed E-state index contributed by atoms with van der Waals surface area (Å²) in [5.41, 5.74) is 2.04. The van der Waals surface area contributed by atoms with E-state index >= 15 is 0 Å². The van der Waals surface area contributed by atoms with Gasteiger partial charge in [0, 0.05) is 24.5 Å². The summed E-state index contributed by atoms with van der Waals surface area (Å²) >= 11 is 0. The molecule has 2 aromatic carbocycles. The molecule has 0 amide bonds. The van der Waals surface area contributed by atoms with Gasteiger partial charge < -0.3 is 5.32 Å². The highest BCUT2D eigenvalue weighted by Crippen LogP contribution is 2.20. The first kappa shape index (κ1) is 14.1. The molecule has 5 heteroatoms. The van der Waals surface area contributed by atoms with Gasteiger partial charge in [0.25, 0.3) is 0 Å². The Morgan fingerprint density at radius 1 is 0.864 bits per heavy atom. The lowest BCUT2D eigenvalue weighted by Gasteiger charge is -2.10. The summed E-state index contributed by atoms with van der Waals surface area (Å²) in [4.78, 5) is 8.51. The molecule has 3 rings (SSSR count). The predicted molar refractivity (Wildman–Crippen MR) is 80.9 cm³/mol. The van der Waals surface area contributed by atoms with Crippen LogP contribution in [0.1, 0.15) is 11.3 Å². The Hall–Kier alpha value is -2.82. The number of aromatic nitrogens is 2. The molecule has 0 radical (unpaired) electrons. The minimum atomic E-state index is -0.333. The van der Waals surface area contributed by atoms with Crippen LogP contribution in [0.5, 0.6) is 0 Å². The molecule has 3 aromatic rings. The van der Waals surface area contributed by atoms with Crippen molar-refractivity contribution in [2.75, 3.05) is 5.32 Å². The number of hydrogen-bond acceptors (Lipinski definition) is 3. The molecule has 0 bridgehead atoms. The molecule has 0 aliphatic rings. The molecule has 110 valence electrons. The minimum absolute atomic E-state index is 0.291. The second-order valence-electron chi connectivity index (χ2n) is 4.79. The van der Waals surface area contributed by atoms with Crippen molar-refractivity contribution in [2.45, 2.75) is 6.42 Å². The van der Waals surface area contributed by atoms with Crippen LogP contribution in [0.2, 0.25) is 0 Å². The number of halogens is 2. The van der Waals surface area contributed by atoms with Gasteiger partial charge in [-0.25, -0.2) is 13.8 Å². The Morgan fingerprint density at radius 2 is 1.59 bits per heavy atom. The maximum absolute atomic E-state index is 13.3. The van der Waals surface area contributed by atoms with Crippen molar-refractivity contribution < 1.29 is 8.78 Å². The van der Waals surface area contributed by atoms with Gasteiger partial charge in [0.2, 0.25) is 0 Å². The lowest BCUT2D eigenvalue weighted by molar-refractivity contribution is 0.626. The Bertz CT molecular complexity index is 724. The number of rotatable bonds is 4. The van der Waals surface area contributed by atoms with Crippen LogP contribution in [-0.2, 0) is 6.42 Å². The van der Waals surface area contributed by atoms with E-state index < -0.39 is 0 Å². The van der Waals surface area contributed by atoms with Crippen LogP contribution in [0.4, 0.5) is 20.3 Å². The first-order valence-corrected chi connectivity index (χ1v) is 6.77. The van der Waals surface area contributed by atoms with E-state index in [-0.39, 0.29) is 11.6 Å². The first-order chi connectivity index (χ1) is 10.7. The van der Waals surface area contributed by atoms with Gasteiger partial charge in [0.1, 0.15) is 11.6 Å². The van der Waals surface area contributed by atoms with Crippen molar-refractivity contribution in [3.05, 3.63) is 83.8 Å². The highest BCUT2D eigenvalue weighted by Gasteiger charge is 2.07. The average Bonchev–Trinajstić information content (AvgIpc) is 2.49. The molecular weight excluding hydrogens is 284 g/mol. The van der Waals surface area contributed by atoms with E-state index in [4.69, 9.17) is 0 Å². The average molecular weight is 297 g/mol. The van der Waals surface area contributed by atoms with Crippen LogP contribution in [0.3, 0.4) is 0 Å². The van der Waals surface area contributed by atoms with Crippen LogP contribution in [0.15, 0.2) is 60.9 Å². The molecule has 0 saturated carbocycles. The summed E-state index contributed by atoms with van der Waals surface area (Å²) < 4.78 is 26.5. The van der Waals surface area contributed by atoms with E-state index in [2.05, 4.69) is 15.3 Å². The smallest absolute Gasteiger partial charge is 0.152 e. The molecule has 1 aromatic heterocycles. The van der Waals surface area contributed by atoms with Crippen LogP contribution < -0.4 is 5.32 Å². The predicted octanol–water partition coefficient (Wildman–Crippen LogP) is 4.09. The number of nitrogens with one attached hydrogen (secondary N) is 1. The largest absolute Gasteiger partial charge is 0.339 e. The van der Waals surface area contributed by atoms with Gasteiger partial charge in [-0.2, -0.15) is 0 Å².